The van der Waals surface area contributed by atoms with Crippen LogP contribution in [0.4, 0.5) is 5.13 Å². The number of piperidine rings is 1. The molecule has 1 saturated carbocycles. The number of nitrogens with two attached hydrogens (primary N) is 1. The Bertz CT molecular complexity index is 560. The highest BCUT2D eigenvalue weighted by molar-refractivity contribution is 7.13. The van der Waals surface area contributed by atoms with Crippen LogP contribution >= 0.6 is 11.3 Å². The molecule has 1 saturated heterocycles. The Morgan fingerprint density at radius 1 is 1.36 bits per heavy atom. The number of aromatic nitrogens is 1. The number of aryl methyl sites for hydroxylation is 1. The number of nitrogen functional groups attached to an aromatic ring is 1. The van der Waals surface area contributed by atoms with Gasteiger partial charge in [-0.1, -0.05) is 13.3 Å². The molecule has 0 atom stereocenters. The number of nitrogens with one attached hydrogen (secondary N) is 1. The lowest BCUT2D eigenvalue weighted by molar-refractivity contribution is -0.122. The predicted molar refractivity (Wildman–Crippen MR) is 104 cm³/mol. The van der Waals surface area contributed by atoms with Crippen molar-refractivity contribution in [3.8, 4) is 0 Å². The van der Waals surface area contributed by atoms with Crippen LogP contribution in [0.5, 0.6) is 0 Å². The monoisotopic (exact) mass is 364 g/mol. The minimum absolute atomic E-state index is 0.140. The van der Waals surface area contributed by atoms with Crippen molar-refractivity contribution in [3.05, 3.63) is 11.1 Å². The zero-order valence-electron chi connectivity index (χ0n) is 15.4. The van der Waals surface area contributed by atoms with E-state index in [0.717, 1.165) is 18.2 Å². The minimum atomic E-state index is 0.140. The molecule has 25 heavy (non-hydrogen) atoms. The second-order valence-electron chi connectivity index (χ2n) is 7.91. The van der Waals surface area contributed by atoms with Gasteiger partial charge in [0.25, 0.3) is 0 Å². The van der Waals surface area contributed by atoms with E-state index in [1.165, 1.54) is 69.4 Å². The summed E-state index contributed by atoms with van der Waals surface area (Å²) in [4.78, 5) is 19.3. The highest BCUT2D eigenvalue weighted by Gasteiger charge is 2.39. The van der Waals surface area contributed by atoms with Crippen molar-refractivity contribution >= 4 is 22.4 Å². The molecule has 140 valence electrons. The molecular formula is C19H32N4OS. The van der Waals surface area contributed by atoms with Crippen molar-refractivity contribution in [2.45, 2.75) is 70.3 Å². The van der Waals surface area contributed by atoms with E-state index in [4.69, 9.17) is 5.73 Å². The van der Waals surface area contributed by atoms with Gasteiger partial charge in [-0.15, -0.1) is 11.3 Å². The smallest absolute Gasteiger partial charge is 0.220 e. The molecule has 3 N–H and O–H groups in total. The molecule has 5 nitrogen and oxygen atoms in total. The van der Waals surface area contributed by atoms with E-state index < -0.39 is 0 Å². The molecular weight excluding hydrogens is 332 g/mol. The van der Waals surface area contributed by atoms with Gasteiger partial charge >= 0.3 is 0 Å². The van der Waals surface area contributed by atoms with Crippen LogP contribution in [0.1, 0.15) is 64.0 Å². The van der Waals surface area contributed by atoms with Crippen LogP contribution in [-0.4, -0.2) is 41.0 Å². The first kappa shape index (κ1) is 18.6. The lowest BCUT2D eigenvalue weighted by atomic mass is 9.75. The van der Waals surface area contributed by atoms with Gasteiger partial charge in [0.2, 0.25) is 5.91 Å². The van der Waals surface area contributed by atoms with Gasteiger partial charge in [0.15, 0.2) is 5.13 Å². The van der Waals surface area contributed by atoms with E-state index in [1.54, 1.807) is 0 Å². The summed E-state index contributed by atoms with van der Waals surface area (Å²) in [5, 5.41) is 5.77. The summed E-state index contributed by atoms with van der Waals surface area (Å²) < 4.78 is 0. The Morgan fingerprint density at radius 2 is 2.08 bits per heavy atom. The molecule has 1 amide bonds. The third-order valence-electron chi connectivity index (χ3n) is 6.02. The van der Waals surface area contributed by atoms with Gasteiger partial charge < -0.3 is 11.1 Å². The van der Waals surface area contributed by atoms with Gasteiger partial charge in [0.05, 0.1) is 5.69 Å². The average molecular weight is 365 g/mol. The molecule has 1 aromatic rings. The van der Waals surface area contributed by atoms with E-state index in [9.17, 15) is 4.79 Å². The maximum Gasteiger partial charge on any atom is 0.220 e. The maximum atomic E-state index is 12.4. The minimum Gasteiger partial charge on any atom is -0.375 e. The highest BCUT2D eigenvalue weighted by atomic mass is 32.1. The van der Waals surface area contributed by atoms with Crippen LogP contribution < -0.4 is 11.1 Å². The van der Waals surface area contributed by atoms with E-state index in [0.29, 0.717) is 18.0 Å². The van der Waals surface area contributed by atoms with Crippen molar-refractivity contribution in [2.75, 3.05) is 25.4 Å². The second-order valence-corrected chi connectivity index (χ2v) is 8.80. The highest BCUT2D eigenvalue weighted by Crippen LogP contribution is 2.37. The summed E-state index contributed by atoms with van der Waals surface area (Å²) >= 11 is 1.44. The number of thiazole rings is 1. The Hall–Kier alpha value is -1.14. The fraction of sp³-hybridized carbons (Fsp3) is 0.789. The molecule has 2 aliphatic rings. The van der Waals surface area contributed by atoms with Crippen LogP contribution in [0.15, 0.2) is 5.38 Å². The van der Waals surface area contributed by atoms with Crippen molar-refractivity contribution in [2.24, 2.45) is 5.92 Å². The SMILES string of the molecule is CC1CCC(CNC(=O)CCc2csc(N)n2)(N2CCCCC2)CC1. The first-order chi connectivity index (χ1) is 12.1. The van der Waals surface area contributed by atoms with Crippen LogP contribution in [0, 0.1) is 5.92 Å². The predicted octanol–water partition coefficient (Wildman–Crippen LogP) is 3.21. The lowest BCUT2D eigenvalue weighted by Crippen LogP contribution is -2.58. The fourth-order valence-electron chi connectivity index (χ4n) is 4.30. The summed E-state index contributed by atoms with van der Waals surface area (Å²) in [6.45, 7) is 5.56. The molecule has 2 heterocycles. The van der Waals surface area contributed by atoms with Gasteiger partial charge in [-0.3, -0.25) is 9.69 Å². The Labute approximate surface area is 155 Å². The number of anilines is 1. The zero-order valence-corrected chi connectivity index (χ0v) is 16.2. The van der Waals surface area contributed by atoms with Crippen LogP contribution in [0.2, 0.25) is 0 Å². The molecule has 0 radical (unpaired) electrons. The van der Waals surface area contributed by atoms with Crippen molar-refractivity contribution < 1.29 is 4.79 Å². The van der Waals surface area contributed by atoms with Gasteiger partial charge in [0.1, 0.15) is 0 Å². The van der Waals surface area contributed by atoms with Gasteiger partial charge in [-0.25, -0.2) is 4.98 Å². The van der Waals surface area contributed by atoms with Crippen LogP contribution in [-0.2, 0) is 11.2 Å². The number of rotatable bonds is 6. The molecule has 2 fully saturated rings. The molecule has 0 aromatic carbocycles. The van der Waals surface area contributed by atoms with Crippen LogP contribution in [0.3, 0.4) is 0 Å². The summed E-state index contributed by atoms with van der Waals surface area (Å²) in [5.41, 5.74) is 6.77. The maximum absolute atomic E-state index is 12.4. The van der Waals surface area contributed by atoms with E-state index in [-0.39, 0.29) is 11.4 Å². The number of hydrogen-bond acceptors (Lipinski definition) is 5. The van der Waals surface area contributed by atoms with E-state index in [1.807, 2.05) is 5.38 Å². The zero-order chi connectivity index (χ0) is 17.7. The molecule has 1 aliphatic carbocycles. The molecule has 1 aliphatic heterocycles. The summed E-state index contributed by atoms with van der Waals surface area (Å²) in [5.74, 6) is 0.963. The standard InChI is InChI=1S/C19H32N4OS/c1-15-7-9-19(10-8-15,23-11-3-2-4-12-23)14-21-17(24)6-5-16-13-25-18(20)22-16/h13,15H,2-12,14H2,1H3,(H2,20,22)(H,21,24). The molecule has 3 rings (SSSR count). The Kier molecular flexibility index (Phi) is 6.34. The second kappa shape index (κ2) is 8.49. The Balaban J connectivity index is 1.53. The molecule has 1 aromatic heterocycles. The third-order valence-corrected chi connectivity index (χ3v) is 6.75. The quantitative estimate of drug-likeness (QED) is 0.813. The fourth-order valence-corrected chi connectivity index (χ4v) is 4.90. The number of amides is 1. The molecule has 0 spiro atoms. The topological polar surface area (TPSA) is 71.2 Å². The number of hydrogen-bond donors (Lipinski definition) is 2. The van der Waals surface area contributed by atoms with Gasteiger partial charge in [-0.05, 0) is 64.0 Å². The number of likely N-dealkylation sites (tertiary alicyclic amines) is 1. The van der Waals surface area contributed by atoms with Crippen molar-refractivity contribution in [1.82, 2.24) is 15.2 Å². The molecule has 0 unspecified atom stereocenters. The summed E-state index contributed by atoms with van der Waals surface area (Å²) in [7, 11) is 0. The van der Waals surface area contributed by atoms with Crippen molar-refractivity contribution in [3.63, 3.8) is 0 Å². The number of carbonyl (C=O) groups is 1. The van der Waals surface area contributed by atoms with Crippen LogP contribution in [0.25, 0.3) is 0 Å². The summed E-state index contributed by atoms with van der Waals surface area (Å²) in [6.07, 6.45) is 10.1. The molecule has 0 bridgehead atoms. The van der Waals surface area contributed by atoms with E-state index >= 15 is 0 Å². The first-order valence-corrected chi connectivity index (χ1v) is 10.7. The average Bonchev–Trinajstić information content (AvgIpc) is 3.06. The first-order valence-electron chi connectivity index (χ1n) is 9.79. The van der Waals surface area contributed by atoms with Gasteiger partial charge in [-0.2, -0.15) is 0 Å². The number of nitrogens with zero attached hydrogens (tertiary/aromatic N) is 2. The lowest BCUT2D eigenvalue weighted by Gasteiger charge is -2.49. The molecule has 6 heteroatoms. The summed E-state index contributed by atoms with van der Waals surface area (Å²) in [6, 6.07) is 0. The number of carbonyl (C=O) groups excluding carboxylic acids is 1. The normalized spacial score (nSPS) is 28.0. The van der Waals surface area contributed by atoms with Gasteiger partial charge in [0, 0.05) is 23.9 Å². The van der Waals surface area contributed by atoms with Crippen molar-refractivity contribution in [1.29, 1.82) is 0 Å². The third kappa shape index (κ3) is 4.94. The Morgan fingerprint density at radius 3 is 2.72 bits per heavy atom. The largest absolute Gasteiger partial charge is 0.375 e. The van der Waals surface area contributed by atoms with E-state index in [2.05, 4.69) is 22.1 Å².